The van der Waals surface area contributed by atoms with E-state index in [2.05, 4.69) is 0 Å². The van der Waals surface area contributed by atoms with Gasteiger partial charge in [-0.05, 0) is 26.0 Å². The molecule has 5 heteroatoms. The van der Waals surface area contributed by atoms with Crippen molar-refractivity contribution in [1.29, 1.82) is 0 Å². The second-order valence-electron chi connectivity index (χ2n) is 3.99. The molecule has 1 aromatic rings. The minimum Gasteiger partial charge on any atom is -0.481 e. The van der Waals surface area contributed by atoms with E-state index in [9.17, 15) is 9.59 Å². The highest BCUT2D eigenvalue weighted by molar-refractivity contribution is 5.91. The van der Waals surface area contributed by atoms with E-state index in [1.807, 2.05) is 6.92 Å². The van der Waals surface area contributed by atoms with Gasteiger partial charge >= 0.3 is 5.97 Å². The van der Waals surface area contributed by atoms with Gasteiger partial charge in [-0.2, -0.15) is 0 Å². The van der Waals surface area contributed by atoms with Crippen molar-refractivity contribution in [2.75, 3.05) is 13.1 Å². The number of aliphatic carboxylic acids is 1. The van der Waals surface area contributed by atoms with Crippen molar-refractivity contribution < 1.29 is 19.1 Å². The monoisotopic (exact) mass is 239 g/mol. The first-order chi connectivity index (χ1) is 7.95. The number of rotatable bonds is 5. The standard InChI is InChI=1S/C12H17NO4/c1-4-13(7-8(2)12(15)16)11(14)10-6-5-9(3)17-10/h5-6,8H,4,7H2,1-3H3,(H,15,16). The Bertz CT molecular complexity index is 410. The molecule has 0 saturated carbocycles. The number of carboxylic acids is 1. The van der Waals surface area contributed by atoms with Gasteiger partial charge in [0.1, 0.15) is 5.76 Å². The van der Waals surface area contributed by atoms with Crippen molar-refractivity contribution in [2.45, 2.75) is 20.8 Å². The zero-order chi connectivity index (χ0) is 13.0. The maximum absolute atomic E-state index is 12.0. The third-order valence-corrected chi connectivity index (χ3v) is 2.54. The number of aryl methyl sites for hydroxylation is 1. The molecule has 0 aliphatic carbocycles. The number of carbonyl (C=O) groups is 2. The van der Waals surface area contributed by atoms with Gasteiger partial charge in [-0.25, -0.2) is 0 Å². The van der Waals surface area contributed by atoms with Crippen molar-refractivity contribution in [1.82, 2.24) is 4.90 Å². The Morgan fingerprint density at radius 2 is 2.12 bits per heavy atom. The van der Waals surface area contributed by atoms with Crippen LogP contribution in [0.25, 0.3) is 0 Å². The molecule has 0 aliphatic rings. The van der Waals surface area contributed by atoms with E-state index in [0.717, 1.165) is 0 Å². The van der Waals surface area contributed by atoms with Crippen LogP contribution in [-0.2, 0) is 4.79 Å². The Hall–Kier alpha value is -1.78. The van der Waals surface area contributed by atoms with E-state index < -0.39 is 11.9 Å². The van der Waals surface area contributed by atoms with Crippen LogP contribution in [0.2, 0.25) is 0 Å². The highest BCUT2D eigenvalue weighted by Crippen LogP contribution is 2.11. The molecule has 0 aromatic carbocycles. The summed E-state index contributed by atoms with van der Waals surface area (Å²) in [5.41, 5.74) is 0. The maximum Gasteiger partial charge on any atom is 0.308 e. The third kappa shape index (κ3) is 3.34. The van der Waals surface area contributed by atoms with E-state index >= 15 is 0 Å². The molecule has 0 radical (unpaired) electrons. The first-order valence-corrected chi connectivity index (χ1v) is 5.54. The molecule has 1 amide bonds. The van der Waals surface area contributed by atoms with Gasteiger partial charge in [-0.15, -0.1) is 0 Å². The summed E-state index contributed by atoms with van der Waals surface area (Å²) in [6.07, 6.45) is 0. The van der Waals surface area contributed by atoms with Crippen molar-refractivity contribution in [3.63, 3.8) is 0 Å². The summed E-state index contributed by atoms with van der Waals surface area (Å²) in [6, 6.07) is 3.31. The quantitative estimate of drug-likeness (QED) is 0.850. The molecule has 1 heterocycles. The lowest BCUT2D eigenvalue weighted by molar-refractivity contribution is -0.141. The molecule has 1 rings (SSSR count). The van der Waals surface area contributed by atoms with E-state index in [1.54, 1.807) is 26.0 Å². The average Bonchev–Trinajstić information content (AvgIpc) is 2.71. The fraction of sp³-hybridized carbons (Fsp3) is 0.500. The number of nitrogens with zero attached hydrogens (tertiary/aromatic N) is 1. The molecule has 0 spiro atoms. The first kappa shape index (κ1) is 13.3. The number of carbonyl (C=O) groups excluding carboxylic acids is 1. The van der Waals surface area contributed by atoms with Gasteiger partial charge in [0.2, 0.25) is 0 Å². The third-order valence-electron chi connectivity index (χ3n) is 2.54. The Kier molecular flexibility index (Phi) is 4.31. The van der Waals surface area contributed by atoms with Crippen LogP contribution >= 0.6 is 0 Å². The van der Waals surface area contributed by atoms with Gasteiger partial charge in [0.25, 0.3) is 5.91 Å². The number of furan rings is 1. The van der Waals surface area contributed by atoms with Gasteiger partial charge in [-0.3, -0.25) is 9.59 Å². The van der Waals surface area contributed by atoms with E-state index in [0.29, 0.717) is 12.3 Å². The zero-order valence-electron chi connectivity index (χ0n) is 10.3. The van der Waals surface area contributed by atoms with Crippen LogP contribution in [0.15, 0.2) is 16.5 Å². The van der Waals surface area contributed by atoms with Crippen LogP contribution in [0.4, 0.5) is 0 Å². The molecule has 17 heavy (non-hydrogen) atoms. The lowest BCUT2D eigenvalue weighted by atomic mass is 10.1. The molecular formula is C12H17NO4. The minimum atomic E-state index is -0.910. The second-order valence-corrected chi connectivity index (χ2v) is 3.99. The Labute approximate surface area is 100 Å². The van der Waals surface area contributed by atoms with Crippen LogP contribution < -0.4 is 0 Å². The fourth-order valence-corrected chi connectivity index (χ4v) is 1.47. The van der Waals surface area contributed by atoms with Crippen LogP contribution in [0, 0.1) is 12.8 Å². The molecule has 1 atom stereocenters. The number of hydrogen-bond donors (Lipinski definition) is 1. The number of amides is 1. The molecule has 0 saturated heterocycles. The van der Waals surface area contributed by atoms with Crippen LogP contribution in [0.3, 0.4) is 0 Å². The van der Waals surface area contributed by atoms with Crippen molar-refractivity contribution >= 4 is 11.9 Å². The second kappa shape index (κ2) is 5.52. The highest BCUT2D eigenvalue weighted by atomic mass is 16.4. The van der Waals surface area contributed by atoms with Gasteiger partial charge < -0.3 is 14.4 Å². The van der Waals surface area contributed by atoms with Crippen LogP contribution in [-0.4, -0.2) is 35.0 Å². The summed E-state index contributed by atoms with van der Waals surface area (Å²) in [7, 11) is 0. The topological polar surface area (TPSA) is 70.8 Å². The fourth-order valence-electron chi connectivity index (χ4n) is 1.47. The Balaban J connectivity index is 2.74. The predicted octanol–water partition coefficient (Wildman–Crippen LogP) is 1.77. The lowest BCUT2D eigenvalue weighted by Gasteiger charge is -2.21. The molecule has 0 aliphatic heterocycles. The molecule has 1 unspecified atom stereocenters. The smallest absolute Gasteiger partial charge is 0.308 e. The summed E-state index contributed by atoms with van der Waals surface area (Å²) >= 11 is 0. The summed E-state index contributed by atoms with van der Waals surface area (Å²) in [5.74, 6) is -0.854. The normalized spacial score (nSPS) is 12.2. The summed E-state index contributed by atoms with van der Waals surface area (Å²) < 4.78 is 5.23. The molecule has 5 nitrogen and oxygen atoms in total. The van der Waals surface area contributed by atoms with E-state index in [1.165, 1.54) is 4.90 Å². The summed E-state index contributed by atoms with van der Waals surface area (Å²) in [5, 5.41) is 8.82. The molecule has 0 fully saturated rings. The van der Waals surface area contributed by atoms with Gasteiger partial charge in [0.15, 0.2) is 5.76 Å². The lowest BCUT2D eigenvalue weighted by Crippen LogP contribution is -2.36. The molecular weight excluding hydrogens is 222 g/mol. The van der Waals surface area contributed by atoms with Crippen molar-refractivity contribution in [2.24, 2.45) is 5.92 Å². The Morgan fingerprint density at radius 1 is 1.47 bits per heavy atom. The van der Waals surface area contributed by atoms with E-state index in [-0.39, 0.29) is 18.2 Å². The highest BCUT2D eigenvalue weighted by Gasteiger charge is 2.22. The van der Waals surface area contributed by atoms with Crippen LogP contribution in [0.5, 0.6) is 0 Å². The number of hydrogen-bond acceptors (Lipinski definition) is 3. The minimum absolute atomic E-state index is 0.185. The van der Waals surface area contributed by atoms with Crippen molar-refractivity contribution in [3.8, 4) is 0 Å². The molecule has 1 N–H and O–H groups in total. The largest absolute Gasteiger partial charge is 0.481 e. The first-order valence-electron chi connectivity index (χ1n) is 5.54. The van der Waals surface area contributed by atoms with Gasteiger partial charge in [0, 0.05) is 13.1 Å². The number of carboxylic acid groups (broad SMARTS) is 1. The summed E-state index contributed by atoms with van der Waals surface area (Å²) in [6.45, 7) is 5.78. The SMILES string of the molecule is CCN(CC(C)C(=O)O)C(=O)c1ccc(C)o1. The zero-order valence-corrected chi connectivity index (χ0v) is 10.3. The average molecular weight is 239 g/mol. The van der Waals surface area contributed by atoms with Gasteiger partial charge in [0.05, 0.1) is 5.92 Å². The van der Waals surface area contributed by atoms with E-state index in [4.69, 9.17) is 9.52 Å². The van der Waals surface area contributed by atoms with Crippen LogP contribution in [0.1, 0.15) is 30.2 Å². The Morgan fingerprint density at radius 3 is 2.53 bits per heavy atom. The molecule has 1 aromatic heterocycles. The molecule has 0 bridgehead atoms. The summed E-state index contributed by atoms with van der Waals surface area (Å²) in [4.78, 5) is 24.2. The predicted molar refractivity (Wildman–Crippen MR) is 61.8 cm³/mol. The molecule has 94 valence electrons. The maximum atomic E-state index is 12.0. The van der Waals surface area contributed by atoms with Crippen molar-refractivity contribution in [3.05, 3.63) is 23.7 Å². The van der Waals surface area contributed by atoms with Gasteiger partial charge in [-0.1, -0.05) is 6.92 Å².